The molecule has 1 heterocycles. The minimum atomic E-state index is -3.40. The highest BCUT2D eigenvalue weighted by atomic mass is 79.9. The normalized spacial score (nSPS) is 12.6. The lowest BCUT2D eigenvalue weighted by Gasteiger charge is -2.28. The highest BCUT2D eigenvalue weighted by Gasteiger charge is 2.30. The molecular weight excluding hydrogens is 414 g/mol. The first-order chi connectivity index (χ1) is 8.88. The van der Waals surface area contributed by atoms with Gasteiger partial charge in [-0.1, -0.05) is 29.8 Å². The zero-order chi connectivity index (χ0) is 14.6. The Kier molecular flexibility index (Phi) is 6.99. The van der Waals surface area contributed by atoms with Crippen LogP contribution < -0.4 is 0 Å². The van der Waals surface area contributed by atoms with Crippen LogP contribution in [0.3, 0.4) is 0 Å². The molecule has 0 atom stereocenters. The molecule has 0 saturated carbocycles. The van der Waals surface area contributed by atoms with Crippen LogP contribution in [-0.2, 0) is 10.0 Å². The first-order valence-electron chi connectivity index (χ1n) is 6.22. The van der Waals surface area contributed by atoms with Gasteiger partial charge in [-0.25, -0.2) is 8.42 Å². The highest BCUT2D eigenvalue weighted by molar-refractivity contribution is 9.11. The van der Waals surface area contributed by atoms with Crippen molar-refractivity contribution in [1.29, 1.82) is 0 Å². The summed E-state index contributed by atoms with van der Waals surface area (Å²) < 4.78 is 28.4. The Balaban J connectivity index is 3.19. The first kappa shape index (κ1) is 17.6. The van der Waals surface area contributed by atoms with E-state index in [0.29, 0.717) is 16.1 Å². The predicted molar refractivity (Wildman–Crippen MR) is 88.8 cm³/mol. The average molecular weight is 433 g/mol. The molecule has 1 rings (SSSR count). The van der Waals surface area contributed by atoms with Crippen molar-refractivity contribution in [3.8, 4) is 0 Å². The standard InChI is InChI=1S/C12H19Br2NO2S2/c1-4-10(5-2)15(7-6-13)19(16,17)11-8-9(3)12(14)18-11/h8,10H,4-7H2,1-3H3. The second-order valence-electron chi connectivity index (χ2n) is 4.30. The summed E-state index contributed by atoms with van der Waals surface area (Å²) in [5, 5.41) is 0.647. The van der Waals surface area contributed by atoms with E-state index in [0.717, 1.165) is 22.2 Å². The van der Waals surface area contributed by atoms with Crippen molar-refractivity contribution < 1.29 is 8.42 Å². The molecule has 0 amide bonds. The summed E-state index contributed by atoms with van der Waals surface area (Å²) in [5.41, 5.74) is 0.965. The maximum atomic E-state index is 12.7. The lowest BCUT2D eigenvalue weighted by Crippen LogP contribution is -2.40. The van der Waals surface area contributed by atoms with Crippen molar-refractivity contribution in [1.82, 2.24) is 4.31 Å². The average Bonchev–Trinajstić information content (AvgIpc) is 2.70. The van der Waals surface area contributed by atoms with E-state index in [1.807, 2.05) is 20.8 Å². The number of sulfonamides is 1. The molecule has 1 aromatic rings. The summed E-state index contributed by atoms with van der Waals surface area (Å²) in [6.07, 6.45) is 1.66. The van der Waals surface area contributed by atoms with E-state index in [1.54, 1.807) is 10.4 Å². The zero-order valence-electron chi connectivity index (χ0n) is 11.3. The number of alkyl halides is 1. The lowest BCUT2D eigenvalue weighted by molar-refractivity contribution is 0.318. The third kappa shape index (κ3) is 4.03. The molecule has 0 fully saturated rings. The van der Waals surface area contributed by atoms with E-state index in [-0.39, 0.29) is 6.04 Å². The van der Waals surface area contributed by atoms with E-state index < -0.39 is 10.0 Å². The molecule has 110 valence electrons. The molecular formula is C12H19Br2NO2S2. The molecule has 0 radical (unpaired) electrons. The van der Waals surface area contributed by atoms with Gasteiger partial charge in [-0.2, -0.15) is 4.31 Å². The number of thiophene rings is 1. The van der Waals surface area contributed by atoms with Crippen LogP contribution in [0, 0.1) is 6.92 Å². The third-order valence-electron chi connectivity index (χ3n) is 3.05. The van der Waals surface area contributed by atoms with E-state index in [9.17, 15) is 8.42 Å². The summed E-state index contributed by atoms with van der Waals surface area (Å²) in [6.45, 7) is 6.47. The fourth-order valence-electron chi connectivity index (χ4n) is 1.95. The smallest absolute Gasteiger partial charge is 0.206 e. The van der Waals surface area contributed by atoms with E-state index in [1.165, 1.54) is 11.3 Å². The van der Waals surface area contributed by atoms with Crippen LogP contribution in [0.25, 0.3) is 0 Å². The molecule has 3 nitrogen and oxygen atoms in total. The zero-order valence-corrected chi connectivity index (χ0v) is 16.1. The molecule has 0 spiro atoms. The van der Waals surface area contributed by atoms with Crippen LogP contribution in [0.15, 0.2) is 14.1 Å². The predicted octanol–water partition coefficient (Wildman–Crippen LogP) is 4.39. The van der Waals surface area contributed by atoms with Gasteiger partial charge in [0.25, 0.3) is 10.0 Å². The Morgan fingerprint density at radius 3 is 2.32 bits per heavy atom. The fourth-order valence-corrected chi connectivity index (χ4v) is 6.70. The Morgan fingerprint density at radius 2 is 1.95 bits per heavy atom. The van der Waals surface area contributed by atoms with Gasteiger partial charge in [0, 0.05) is 17.9 Å². The third-order valence-corrected chi connectivity index (χ3v) is 7.94. The fraction of sp³-hybridized carbons (Fsp3) is 0.667. The van der Waals surface area contributed by atoms with Gasteiger partial charge >= 0.3 is 0 Å². The van der Waals surface area contributed by atoms with Gasteiger partial charge in [0.05, 0.1) is 3.79 Å². The van der Waals surface area contributed by atoms with Crippen molar-refractivity contribution in [2.45, 2.75) is 43.9 Å². The summed E-state index contributed by atoms with van der Waals surface area (Å²) in [7, 11) is -3.40. The van der Waals surface area contributed by atoms with Crippen molar-refractivity contribution in [2.75, 3.05) is 11.9 Å². The molecule has 1 aromatic heterocycles. The highest BCUT2D eigenvalue weighted by Crippen LogP contribution is 2.33. The molecule has 0 bridgehead atoms. The van der Waals surface area contributed by atoms with Gasteiger partial charge in [0.15, 0.2) is 0 Å². The minimum absolute atomic E-state index is 0.0590. The Hall–Kier alpha value is 0.570. The molecule has 0 aliphatic rings. The van der Waals surface area contributed by atoms with Gasteiger partial charge < -0.3 is 0 Å². The molecule has 0 aromatic carbocycles. The molecule has 0 aliphatic heterocycles. The summed E-state index contributed by atoms with van der Waals surface area (Å²) >= 11 is 8.03. The quantitative estimate of drug-likeness (QED) is 0.599. The van der Waals surface area contributed by atoms with Crippen molar-refractivity contribution in [3.63, 3.8) is 0 Å². The maximum Gasteiger partial charge on any atom is 0.252 e. The van der Waals surface area contributed by atoms with E-state index >= 15 is 0 Å². The van der Waals surface area contributed by atoms with E-state index in [4.69, 9.17) is 0 Å². The minimum Gasteiger partial charge on any atom is -0.206 e. The van der Waals surface area contributed by atoms with Crippen molar-refractivity contribution >= 4 is 53.2 Å². The summed E-state index contributed by atoms with van der Waals surface area (Å²) in [5.74, 6) is 0. The lowest BCUT2D eigenvalue weighted by atomic mass is 10.2. The van der Waals surface area contributed by atoms with Gasteiger partial charge in [0.2, 0.25) is 0 Å². The number of nitrogens with zero attached hydrogens (tertiary/aromatic N) is 1. The van der Waals surface area contributed by atoms with Gasteiger partial charge in [0.1, 0.15) is 4.21 Å². The summed E-state index contributed by atoms with van der Waals surface area (Å²) in [6, 6.07) is 1.80. The van der Waals surface area contributed by atoms with Crippen LogP contribution in [0.5, 0.6) is 0 Å². The topological polar surface area (TPSA) is 37.4 Å². The number of hydrogen-bond acceptors (Lipinski definition) is 3. The second kappa shape index (κ2) is 7.54. The van der Waals surface area contributed by atoms with Crippen LogP contribution in [0.4, 0.5) is 0 Å². The molecule has 7 heteroatoms. The van der Waals surface area contributed by atoms with Crippen LogP contribution in [-0.4, -0.2) is 30.6 Å². The SMILES string of the molecule is CCC(CC)N(CCBr)S(=O)(=O)c1cc(C)c(Br)s1. The summed E-state index contributed by atoms with van der Waals surface area (Å²) in [4.78, 5) is 0. The van der Waals surface area contributed by atoms with Gasteiger partial charge in [-0.05, 0) is 47.3 Å². The van der Waals surface area contributed by atoms with Gasteiger partial charge in [-0.3, -0.25) is 0 Å². The van der Waals surface area contributed by atoms with Crippen LogP contribution >= 0.6 is 43.2 Å². The number of aryl methyl sites for hydroxylation is 1. The van der Waals surface area contributed by atoms with Crippen molar-refractivity contribution in [2.24, 2.45) is 0 Å². The maximum absolute atomic E-state index is 12.7. The Bertz CT molecular complexity index is 490. The molecule has 19 heavy (non-hydrogen) atoms. The number of hydrogen-bond donors (Lipinski definition) is 0. The Labute approximate surface area is 136 Å². The molecule has 0 saturated heterocycles. The molecule has 0 unspecified atom stereocenters. The largest absolute Gasteiger partial charge is 0.252 e. The van der Waals surface area contributed by atoms with E-state index in [2.05, 4.69) is 31.9 Å². The van der Waals surface area contributed by atoms with Crippen LogP contribution in [0.1, 0.15) is 32.3 Å². The molecule has 0 N–H and O–H groups in total. The van der Waals surface area contributed by atoms with Crippen molar-refractivity contribution in [3.05, 3.63) is 15.4 Å². The monoisotopic (exact) mass is 431 g/mol. The Morgan fingerprint density at radius 1 is 1.37 bits per heavy atom. The van der Waals surface area contributed by atoms with Gasteiger partial charge in [-0.15, -0.1) is 11.3 Å². The number of halogens is 2. The second-order valence-corrected chi connectivity index (χ2v) is 9.58. The number of rotatable bonds is 7. The van der Waals surface area contributed by atoms with Crippen LogP contribution in [0.2, 0.25) is 0 Å². The first-order valence-corrected chi connectivity index (χ1v) is 10.4. The molecule has 0 aliphatic carbocycles.